The van der Waals surface area contributed by atoms with E-state index >= 15 is 0 Å². The number of carbonyl (C=O) groups excluding carboxylic acids is 1. The third-order valence-electron chi connectivity index (χ3n) is 7.26. The van der Waals surface area contributed by atoms with Gasteiger partial charge >= 0.3 is 0 Å². The summed E-state index contributed by atoms with van der Waals surface area (Å²) in [5, 5.41) is 32.7. The summed E-state index contributed by atoms with van der Waals surface area (Å²) in [7, 11) is 3.34. The molecular formula is C25H29N7O3. The molecule has 0 aliphatic carbocycles. The van der Waals surface area contributed by atoms with E-state index in [1.54, 1.807) is 21.1 Å². The fourth-order valence-electron chi connectivity index (χ4n) is 5.34. The van der Waals surface area contributed by atoms with Crippen LogP contribution in [0.2, 0.25) is 0 Å². The largest absolute Gasteiger partial charge is 0.496 e. The first-order valence-corrected chi connectivity index (χ1v) is 11.9. The number of tetrazole rings is 1. The van der Waals surface area contributed by atoms with Crippen molar-refractivity contribution in [3.63, 3.8) is 0 Å². The Hall–Kier alpha value is -3.71. The fraction of sp³-hybridized carbons (Fsp3) is 0.480. The Labute approximate surface area is 203 Å². The van der Waals surface area contributed by atoms with Gasteiger partial charge in [0.15, 0.2) is 5.54 Å². The first-order valence-electron chi connectivity index (χ1n) is 11.9. The van der Waals surface area contributed by atoms with Gasteiger partial charge in [-0.2, -0.15) is 10.1 Å². The molecule has 2 aromatic heterocycles. The second kappa shape index (κ2) is 8.50. The molecule has 0 bridgehead atoms. The van der Waals surface area contributed by atoms with Crippen molar-refractivity contribution >= 4 is 5.91 Å². The van der Waals surface area contributed by atoms with Crippen LogP contribution in [-0.2, 0) is 26.4 Å². The summed E-state index contributed by atoms with van der Waals surface area (Å²) in [6.07, 6.45) is 1.99. The number of nitriles is 1. The summed E-state index contributed by atoms with van der Waals surface area (Å²) in [4.78, 5) is 16.7. The Morgan fingerprint density at radius 3 is 2.77 bits per heavy atom. The smallest absolute Gasteiger partial charge is 0.271 e. The lowest BCUT2D eigenvalue weighted by molar-refractivity contribution is 0.0508. The van der Waals surface area contributed by atoms with Crippen LogP contribution in [0.5, 0.6) is 5.75 Å². The highest BCUT2D eigenvalue weighted by molar-refractivity contribution is 5.96. The van der Waals surface area contributed by atoms with Crippen LogP contribution in [0.25, 0.3) is 22.6 Å². The maximum atomic E-state index is 13.8. The molecule has 182 valence electrons. The summed E-state index contributed by atoms with van der Waals surface area (Å²) in [5.41, 5.74) is 4.29. The number of carbonyl (C=O) groups is 1. The topological polar surface area (TPSA) is 122 Å². The summed E-state index contributed by atoms with van der Waals surface area (Å²) in [6.45, 7) is 4.74. The Bertz CT molecular complexity index is 1350. The minimum atomic E-state index is -1.24. The van der Waals surface area contributed by atoms with E-state index in [2.05, 4.69) is 33.0 Å². The molecule has 0 radical (unpaired) electrons. The molecule has 2 atom stereocenters. The van der Waals surface area contributed by atoms with Gasteiger partial charge in [-0.25, -0.2) is 0 Å². The molecule has 1 N–H and O–H groups in total. The quantitative estimate of drug-likeness (QED) is 0.601. The van der Waals surface area contributed by atoms with Gasteiger partial charge in [-0.1, -0.05) is 13.3 Å². The summed E-state index contributed by atoms with van der Waals surface area (Å²) >= 11 is 0. The van der Waals surface area contributed by atoms with Gasteiger partial charge in [-0.3, -0.25) is 4.79 Å². The van der Waals surface area contributed by atoms with E-state index in [0.29, 0.717) is 36.8 Å². The Kier molecular flexibility index (Phi) is 5.60. The highest BCUT2D eigenvalue weighted by Gasteiger charge is 2.48. The number of aliphatic hydroxyl groups is 1. The maximum absolute atomic E-state index is 13.8. The fourth-order valence-corrected chi connectivity index (χ4v) is 5.34. The number of aryl methyl sites for hydroxylation is 3. The molecule has 1 fully saturated rings. The summed E-state index contributed by atoms with van der Waals surface area (Å²) in [5.74, 6) is 0.933. The van der Waals surface area contributed by atoms with E-state index in [9.17, 15) is 15.2 Å². The molecule has 0 saturated carbocycles. The maximum Gasteiger partial charge on any atom is 0.271 e. The number of amides is 1. The van der Waals surface area contributed by atoms with E-state index in [0.717, 1.165) is 47.2 Å². The molecule has 4 heterocycles. The zero-order valence-electron chi connectivity index (χ0n) is 20.4. The number of hydrogen-bond acceptors (Lipinski definition) is 7. The van der Waals surface area contributed by atoms with Gasteiger partial charge in [0.2, 0.25) is 5.82 Å². The zero-order valence-corrected chi connectivity index (χ0v) is 20.4. The molecule has 10 heteroatoms. The number of ether oxygens (including phenoxy) is 1. The van der Waals surface area contributed by atoms with E-state index < -0.39 is 11.6 Å². The van der Waals surface area contributed by atoms with Crippen molar-refractivity contribution < 1.29 is 14.6 Å². The number of rotatable bonds is 5. The van der Waals surface area contributed by atoms with Crippen LogP contribution < -0.4 is 4.74 Å². The Morgan fingerprint density at radius 2 is 2.11 bits per heavy atom. The SMILES string of the molecule is CCCc1cc(C(=O)N2CC[C@H](O)[C@]2(C)C#N)n2c1-c1cc(-c3nnn(C)n3)c(OC)cc1CC2. The molecular weight excluding hydrogens is 446 g/mol. The van der Waals surface area contributed by atoms with Gasteiger partial charge < -0.3 is 19.3 Å². The van der Waals surface area contributed by atoms with Crippen molar-refractivity contribution in [1.29, 1.82) is 5.26 Å². The number of nitrogens with zero attached hydrogens (tertiary/aromatic N) is 7. The van der Waals surface area contributed by atoms with Gasteiger partial charge in [0.1, 0.15) is 11.4 Å². The lowest BCUT2D eigenvalue weighted by atomic mass is 9.92. The standard InChI is InChI=1S/C25H29N7O3/c1-5-6-16-11-19(24(34)32-10-8-21(33)25(32,2)14-26)31-9-7-15-12-20(35-4)18(13-17(15)22(16)31)23-27-29-30(3)28-23/h11-13,21,33H,5-10H2,1-4H3/t21-,25-/m0/s1. The average molecular weight is 476 g/mol. The van der Waals surface area contributed by atoms with E-state index in [1.165, 1.54) is 9.70 Å². The van der Waals surface area contributed by atoms with E-state index in [-0.39, 0.29) is 5.91 Å². The molecule has 0 unspecified atom stereocenters. The van der Waals surface area contributed by atoms with Crippen molar-refractivity contribution in [2.45, 2.75) is 57.7 Å². The normalized spacial score (nSPS) is 20.9. The first-order chi connectivity index (χ1) is 16.8. The second-order valence-corrected chi connectivity index (χ2v) is 9.39. The van der Waals surface area contributed by atoms with Crippen LogP contribution in [0.1, 0.15) is 48.3 Å². The van der Waals surface area contributed by atoms with Crippen LogP contribution in [0, 0.1) is 11.3 Å². The highest BCUT2D eigenvalue weighted by atomic mass is 16.5. The Balaban J connectivity index is 1.66. The summed E-state index contributed by atoms with van der Waals surface area (Å²) in [6, 6.07) is 8.19. The van der Waals surface area contributed by atoms with Crippen LogP contribution in [0.4, 0.5) is 0 Å². The minimum absolute atomic E-state index is 0.220. The van der Waals surface area contributed by atoms with Crippen molar-refractivity contribution in [2.24, 2.45) is 7.05 Å². The lowest BCUT2D eigenvalue weighted by Crippen LogP contribution is -2.49. The molecule has 1 saturated heterocycles. The van der Waals surface area contributed by atoms with Crippen LogP contribution in [-0.4, -0.2) is 66.0 Å². The number of aromatic nitrogens is 5. The van der Waals surface area contributed by atoms with Crippen LogP contribution in [0.3, 0.4) is 0 Å². The number of aliphatic hydroxyl groups excluding tert-OH is 1. The van der Waals surface area contributed by atoms with Crippen LogP contribution in [0.15, 0.2) is 18.2 Å². The molecule has 35 heavy (non-hydrogen) atoms. The number of fused-ring (bicyclic) bond motifs is 3. The molecule has 1 aromatic carbocycles. The number of likely N-dealkylation sites (tertiary alicyclic amines) is 1. The van der Waals surface area contributed by atoms with Crippen molar-refractivity contribution in [3.8, 4) is 34.5 Å². The van der Waals surface area contributed by atoms with Gasteiger partial charge in [0.05, 0.1) is 37.6 Å². The predicted molar refractivity (Wildman–Crippen MR) is 128 cm³/mol. The highest BCUT2D eigenvalue weighted by Crippen LogP contribution is 2.42. The summed E-state index contributed by atoms with van der Waals surface area (Å²) < 4.78 is 7.73. The molecule has 10 nitrogen and oxygen atoms in total. The Morgan fingerprint density at radius 1 is 1.31 bits per heavy atom. The van der Waals surface area contributed by atoms with E-state index in [4.69, 9.17) is 4.74 Å². The van der Waals surface area contributed by atoms with E-state index in [1.807, 2.05) is 18.2 Å². The third-order valence-corrected chi connectivity index (χ3v) is 7.26. The van der Waals surface area contributed by atoms with Crippen molar-refractivity contribution in [1.82, 2.24) is 29.7 Å². The molecule has 2 aliphatic heterocycles. The van der Waals surface area contributed by atoms with Crippen LogP contribution >= 0.6 is 0 Å². The van der Waals surface area contributed by atoms with Gasteiger partial charge in [0.25, 0.3) is 5.91 Å². The zero-order chi connectivity index (χ0) is 24.9. The van der Waals surface area contributed by atoms with Gasteiger partial charge in [-0.05, 0) is 60.7 Å². The van der Waals surface area contributed by atoms with Crippen molar-refractivity contribution in [3.05, 3.63) is 35.0 Å². The number of benzene rings is 1. The molecule has 2 aliphatic rings. The van der Waals surface area contributed by atoms with Crippen molar-refractivity contribution in [2.75, 3.05) is 13.7 Å². The van der Waals surface area contributed by atoms with Gasteiger partial charge in [-0.15, -0.1) is 10.2 Å². The molecule has 3 aromatic rings. The monoisotopic (exact) mass is 475 g/mol. The molecule has 0 spiro atoms. The number of hydrogen-bond donors (Lipinski definition) is 1. The minimum Gasteiger partial charge on any atom is -0.496 e. The predicted octanol–water partition coefficient (Wildman–Crippen LogP) is 2.35. The average Bonchev–Trinajstić information content (AvgIpc) is 3.54. The molecule has 1 amide bonds. The lowest BCUT2D eigenvalue weighted by Gasteiger charge is -2.31. The van der Waals surface area contributed by atoms with Gasteiger partial charge in [0, 0.05) is 18.7 Å². The second-order valence-electron chi connectivity index (χ2n) is 9.39. The first kappa shape index (κ1) is 23.1. The molecule has 5 rings (SSSR count). The number of methoxy groups -OCH3 is 1. The third kappa shape index (κ3) is 3.49.